The molecule has 0 radical (unpaired) electrons. The monoisotopic (exact) mass is 343 g/mol. The fourth-order valence-corrected chi connectivity index (χ4v) is 1.95. The number of ether oxygens (including phenoxy) is 2. The van der Waals surface area contributed by atoms with Gasteiger partial charge in [-0.15, -0.1) is 0 Å². The molecule has 0 saturated carbocycles. The quantitative estimate of drug-likeness (QED) is 0.728. The first-order valence-electron chi connectivity index (χ1n) is 7.68. The lowest BCUT2D eigenvalue weighted by Gasteiger charge is -2.11. The Hall–Kier alpha value is -3.22. The lowest BCUT2D eigenvalue weighted by Crippen LogP contribution is -2.45. The Morgan fingerprint density at radius 3 is 2.24 bits per heavy atom. The molecule has 2 rings (SSSR count). The molecule has 0 spiro atoms. The second-order valence-electron chi connectivity index (χ2n) is 5.39. The number of amides is 3. The SMILES string of the molecule is COc1ccc(NC(=O)NNC(=O)COc2ccc(C)c(C)c2)cc1. The summed E-state index contributed by atoms with van der Waals surface area (Å²) in [4.78, 5) is 23.4. The van der Waals surface area contributed by atoms with E-state index in [1.165, 1.54) is 0 Å². The molecule has 0 aliphatic carbocycles. The van der Waals surface area contributed by atoms with E-state index in [0.717, 1.165) is 11.1 Å². The molecule has 3 amide bonds. The minimum Gasteiger partial charge on any atom is -0.497 e. The van der Waals surface area contributed by atoms with Crippen molar-refractivity contribution in [2.75, 3.05) is 19.0 Å². The summed E-state index contributed by atoms with van der Waals surface area (Å²) in [6.07, 6.45) is 0. The first kappa shape index (κ1) is 18.1. The largest absolute Gasteiger partial charge is 0.497 e. The molecule has 2 aromatic rings. The van der Waals surface area contributed by atoms with Crippen molar-refractivity contribution in [2.24, 2.45) is 0 Å². The molecule has 0 heterocycles. The molecule has 25 heavy (non-hydrogen) atoms. The number of carbonyl (C=O) groups is 2. The summed E-state index contributed by atoms with van der Waals surface area (Å²) in [5.74, 6) is 0.812. The maximum absolute atomic E-state index is 11.7. The lowest BCUT2D eigenvalue weighted by molar-refractivity contribution is -0.123. The summed E-state index contributed by atoms with van der Waals surface area (Å²) in [6, 6.07) is 11.8. The summed E-state index contributed by atoms with van der Waals surface area (Å²) in [7, 11) is 1.56. The van der Waals surface area contributed by atoms with Crippen molar-refractivity contribution in [2.45, 2.75) is 13.8 Å². The summed E-state index contributed by atoms with van der Waals surface area (Å²) in [6.45, 7) is 3.76. The first-order valence-corrected chi connectivity index (χ1v) is 7.68. The van der Waals surface area contributed by atoms with Crippen LogP contribution in [0.25, 0.3) is 0 Å². The van der Waals surface area contributed by atoms with Gasteiger partial charge in [0, 0.05) is 5.69 Å². The third kappa shape index (κ3) is 5.72. The second-order valence-corrected chi connectivity index (χ2v) is 5.39. The zero-order chi connectivity index (χ0) is 18.2. The molecular formula is C18H21N3O4. The lowest BCUT2D eigenvalue weighted by atomic mass is 10.1. The van der Waals surface area contributed by atoms with Gasteiger partial charge in [-0.1, -0.05) is 6.07 Å². The van der Waals surface area contributed by atoms with Crippen LogP contribution in [0.15, 0.2) is 42.5 Å². The van der Waals surface area contributed by atoms with Gasteiger partial charge in [0.05, 0.1) is 7.11 Å². The Kier molecular flexibility index (Phi) is 6.22. The van der Waals surface area contributed by atoms with Crippen molar-refractivity contribution < 1.29 is 19.1 Å². The number of nitrogens with one attached hydrogen (secondary N) is 3. The van der Waals surface area contributed by atoms with Crippen LogP contribution in [0.5, 0.6) is 11.5 Å². The zero-order valence-corrected chi connectivity index (χ0v) is 14.4. The first-order chi connectivity index (χ1) is 12.0. The number of carbonyl (C=O) groups excluding carboxylic acids is 2. The van der Waals surface area contributed by atoms with E-state index in [-0.39, 0.29) is 6.61 Å². The minimum atomic E-state index is -0.565. The van der Waals surface area contributed by atoms with Gasteiger partial charge in [-0.3, -0.25) is 10.2 Å². The molecule has 0 fully saturated rings. The molecule has 0 aliphatic rings. The molecule has 132 valence electrons. The van der Waals surface area contributed by atoms with E-state index in [1.54, 1.807) is 37.4 Å². The highest BCUT2D eigenvalue weighted by Crippen LogP contribution is 2.16. The highest BCUT2D eigenvalue weighted by Gasteiger charge is 2.06. The highest BCUT2D eigenvalue weighted by atomic mass is 16.5. The van der Waals surface area contributed by atoms with Crippen LogP contribution < -0.4 is 25.6 Å². The molecule has 2 aromatic carbocycles. The van der Waals surface area contributed by atoms with Crippen molar-refractivity contribution in [1.29, 1.82) is 0 Å². The van der Waals surface area contributed by atoms with Gasteiger partial charge in [-0.05, 0) is 61.4 Å². The smallest absolute Gasteiger partial charge is 0.337 e. The predicted molar refractivity (Wildman–Crippen MR) is 94.7 cm³/mol. The molecule has 0 bridgehead atoms. The number of rotatable bonds is 5. The number of hydrazine groups is 1. The summed E-state index contributed by atoms with van der Waals surface area (Å²) in [5.41, 5.74) is 7.32. The molecule has 0 aromatic heterocycles. The van der Waals surface area contributed by atoms with Gasteiger partial charge in [-0.2, -0.15) is 0 Å². The third-order valence-electron chi connectivity index (χ3n) is 3.51. The van der Waals surface area contributed by atoms with E-state index in [9.17, 15) is 9.59 Å². The van der Waals surface area contributed by atoms with Gasteiger partial charge in [-0.25, -0.2) is 10.2 Å². The molecule has 3 N–H and O–H groups in total. The summed E-state index contributed by atoms with van der Waals surface area (Å²) < 4.78 is 10.4. The fraction of sp³-hybridized carbons (Fsp3) is 0.222. The van der Waals surface area contributed by atoms with E-state index >= 15 is 0 Å². The van der Waals surface area contributed by atoms with Crippen LogP contribution in [0.4, 0.5) is 10.5 Å². The Morgan fingerprint density at radius 1 is 0.920 bits per heavy atom. The maximum Gasteiger partial charge on any atom is 0.337 e. The number of benzene rings is 2. The standard InChI is InChI=1S/C18H21N3O4/c1-12-4-7-16(10-13(12)2)25-11-17(22)20-21-18(23)19-14-5-8-15(24-3)9-6-14/h4-10H,11H2,1-3H3,(H,20,22)(H2,19,21,23). The van der Waals surface area contributed by atoms with Crippen LogP contribution >= 0.6 is 0 Å². The van der Waals surface area contributed by atoms with Crippen LogP contribution in [0.2, 0.25) is 0 Å². The van der Waals surface area contributed by atoms with Gasteiger partial charge in [0.25, 0.3) is 5.91 Å². The summed E-state index contributed by atoms with van der Waals surface area (Å²) in [5, 5.41) is 2.57. The molecule has 7 heteroatoms. The van der Waals surface area contributed by atoms with Gasteiger partial charge >= 0.3 is 6.03 Å². The van der Waals surface area contributed by atoms with Crippen LogP contribution in [-0.4, -0.2) is 25.7 Å². The van der Waals surface area contributed by atoms with E-state index in [4.69, 9.17) is 9.47 Å². The third-order valence-corrected chi connectivity index (χ3v) is 3.51. The minimum absolute atomic E-state index is 0.203. The molecular weight excluding hydrogens is 322 g/mol. The van der Waals surface area contributed by atoms with E-state index < -0.39 is 11.9 Å². The van der Waals surface area contributed by atoms with E-state index in [0.29, 0.717) is 17.2 Å². The second kappa shape index (κ2) is 8.58. The van der Waals surface area contributed by atoms with Crippen molar-refractivity contribution in [3.8, 4) is 11.5 Å². The van der Waals surface area contributed by atoms with Crippen molar-refractivity contribution in [1.82, 2.24) is 10.9 Å². The number of urea groups is 1. The predicted octanol–water partition coefficient (Wildman–Crippen LogP) is 2.54. The average molecular weight is 343 g/mol. The fourth-order valence-electron chi connectivity index (χ4n) is 1.95. The normalized spacial score (nSPS) is 9.88. The van der Waals surface area contributed by atoms with Crippen molar-refractivity contribution in [3.63, 3.8) is 0 Å². The van der Waals surface area contributed by atoms with E-state index in [2.05, 4.69) is 16.2 Å². The van der Waals surface area contributed by atoms with Gasteiger partial charge in [0.15, 0.2) is 6.61 Å². The number of hydrogen-bond acceptors (Lipinski definition) is 4. The highest BCUT2D eigenvalue weighted by molar-refractivity contribution is 5.91. The summed E-state index contributed by atoms with van der Waals surface area (Å²) >= 11 is 0. The van der Waals surface area contributed by atoms with Crippen LogP contribution in [-0.2, 0) is 4.79 Å². The number of anilines is 1. The number of aryl methyl sites for hydroxylation is 2. The maximum atomic E-state index is 11.7. The molecule has 0 unspecified atom stereocenters. The molecule has 0 atom stereocenters. The molecule has 0 saturated heterocycles. The van der Waals surface area contributed by atoms with Gasteiger partial charge < -0.3 is 14.8 Å². The Morgan fingerprint density at radius 2 is 1.60 bits per heavy atom. The zero-order valence-electron chi connectivity index (χ0n) is 14.4. The van der Waals surface area contributed by atoms with E-state index in [1.807, 2.05) is 26.0 Å². The van der Waals surface area contributed by atoms with Gasteiger partial charge in [0.2, 0.25) is 0 Å². The Balaban J connectivity index is 1.73. The molecule has 7 nitrogen and oxygen atoms in total. The Labute approximate surface area is 146 Å². The molecule has 0 aliphatic heterocycles. The van der Waals surface area contributed by atoms with Crippen molar-refractivity contribution >= 4 is 17.6 Å². The average Bonchev–Trinajstić information content (AvgIpc) is 2.61. The van der Waals surface area contributed by atoms with Gasteiger partial charge in [0.1, 0.15) is 11.5 Å². The van der Waals surface area contributed by atoms with Crippen LogP contribution in [0, 0.1) is 13.8 Å². The van der Waals surface area contributed by atoms with Crippen LogP contribution in [0.3, 0.4) is 0 Å². The van der Waals surface area contributed by atoms with Crippen molar-refractivity contribution in [3.05, 3.63) is 53.6 Å². The van der Waals surface area contributed by atoms with Crippen LogP contribution in [0.1, 0.15) is 11.1 Å². The topological polar surface area (TPSA) is 88.7 Å². The number of methoxy groups -OCH3 is 1. The Bertz CT molecular complexity index is 744. The number of hydrogen-bond donors (Lipinski definition) is 3.